The number of anilines is 1. The molecule has 0 unspecified atom stereocenters. The van der Waals surface area contributed by atoms with E-state index in [0.29, 0.717) is 11.6 Å². The lowest BCUT2D eigenvalue weighted by Gasteiger charge is -2.60. The minimum Gasteiger partial charge on any atom is -0.395 e. The second kappa shape index (κ2) is 7.65. The summed E-state index contributed by atoms with van der Waals surface area (Å²) >= 11 is 0. The molecule has 8 heteroatoms. The van der Waals surface area contributed by atoms with Crippen LogP contribution in [0.5, 0.6) is 0 Å². The van der Waals surface area contributed by atoms with E-state index in [-0.39, 0.29) is 31.2 Å². The number of aliphatic hydroxyl groups excluding tert-OH is 1. The second-order valence-corrected chi connectivity index (χ2v) is 7.95. The maximum Gasteiger partial charge on any atom is 0.397 e. The largest absolute Gasteiger partial charge is 0.397 e. The third kappa shape index (κ3) is 3.65. The monoisotopic (exact) mass is 398 g/mol. The van der Waals surface area contributed by atoms with Crippen molar-refractivity contribution in [1.82, 2.24) is 4.90 Å². The zero-order valence-corrected chi connectivity index (χ0v) is 15.6. The Bertz CT molecular complexity index is 721. The summed E-state index contributed by atoms with van der Waals surface area (Å²) in [6.45, 7) is 2.44. The first-order valence-corrected chi connectivity index (χ1v) is 9.79. The number of aliphatic hydroxyl groups is 1. The SMILES string of the molecule is O=C(CC(F)(F)F)N1C[C@H]2[C@@H](c3ccccc31)[C@H](CO)N2CC1CCOCC1. The second-order valence-electron chi connectivity index (χ2n) is 7.95. The van der Waals surface area contributed by atoms with Crippen molar-refractivity contribution in [3.63, 3.8) is 0 Å². The van der Waals surface area contributed by atoms with Crippen LogP contribution in [0.25, 0.3) is 0 Å². The minimum atomic E-state index is -4.53. The summed E-state index contributed by atoms with van der Waals surface area (Å²) in [6.07, 6.45) is -4.10. The van der Waals surface area contributed by atoms with Crippen LogP contribution in [-0.4, -0.2) is 67.1 Å². The summed E-state index contributed by atoms with van der Waals surface area (Å²) < 4.78 is 43.9. The van der Waals surface area contributed by atoms with Gasteiger partial charge in [0.15, 0.2) is 0 Å². The lowest BCUT2D eigenvalue weighted by Crippen LogP contribution is -2.70. The number of carbonyl (C=O) groups is 1. The number of halogens is 3. The molecule has 3 atom stereocenters. The number of benzene rings is 1. The zero-order valence-electron chi connectivity index (χ0n) is 15.6. The van der Waals surface area contributed by atoms with Gasteiger partial charge >= 0.3 is 6.18 Å². The molecule has 0 spiro atoms. The topological polar surface area (TPSA) is 53.0 Å². The lowest BCUT2D eigenvalue weighted by atomic mass is 9.71. The smallest absolute Gasteiger partial charge is 0.395 e. The number of hydrogen-bond donors (Lipinski definition) is 1. The molecular weight excluding hydrogens is 373 g/mol. The van der Waals surface area contributed by atoms with Crippen LogP contribution >= 0.6 is 0 Å². The van der Waals surface area contributed by atoms with Crippen LogP contribution in [0.4, 0.5) is 18.9 Å². The van der Waals surface area contributed by atoms with Crippen molar-refractivity contribution in [2.75, 3.05) is 37.8 Å². The van der Waals surface area contributed by atoms with Gasteiger partial charge < -0.3 is 14.7 Å². The van der Waals surface area contributed by atoms with Gasteiger partial charge in [-0.05, 0) is 30.4 Å². The van der Waals surface area contributed by atoms with E-state index in [0.717, 1.165) is 38.2 Å². The Hall–Kier alpha value is -1.64. The quantitative estimate of drug-likeness (QED) is 0.847. The van der Waals surface area contributed by atoms with E-state index in [1.807, 2.05) is 12.1 Å². The van der Waals surface area contributed by atoms with Crippen molar-refractivity contribution in [2.24, 2.45) is 5.92 Å². The molecular formula is C20H25F3N2O3. The molecule has 1 aromatic carbocycles. The van der Waals surface area contributed by atoms with E-state index in [9.17, 15) is 23.1 Å². The molecule has 3 heterocycles. The van der Waals surface area contributed by atoms with Crippen molar-refractivity contribution in [3.05, 3.63) is 29.8 Å². The maximum absolute atomic E-state index is 12.8. The van der Waals surface area contributed by atoms with Crippen LogP contribution in [0.2, 0.25) is 0 Å². The molecule has 2 saturated heterocycles. The Morgan fingerprint density at radius 1 is 1.21 bits per heavy atom. The zero-order chi connectivity index (χ0) is 19.9. The fourth-order valence-electron chi connectivity index (χ4n) is 4.97. The number of hydrogen-bond acceptors (Lipinski definition) is 4. The molecule has 1 aromatic rings. The summed E-state index contributed by atoms with van der Waals surface area (Å²) in [6, 6.07) is 7.02. The average Bonchev–Trinajstić information content (AvgIpc) is 2.65. The molecule has 0 bridgehead atoms. The van der Waals surface area contributed by atoms with Crippen molar-refractivity contribution in [3.8, 4) is 0 Å². The van der Waals surface area contributed by atoms with Gasteiger partial charge in [-0.3, -0.25) is 9.69 Å². The predicted molar refractivity (Wildman–Crippen MR) is 97.1 cm³/mol. The summed E-state index contributed by atoms with van der Waals surface area (Å²) in [4.78, 5) is 15.9. The Balaban J connectivity index is 1.58. The van der Waals surface area contributed by atoms with Crippen LogP contribution in [0.15, 0.2) is 24.3 Å². The van der Waals surface area contributed by atoms with Crippen molar-refractivity contribution in [1.29, 1.82) is 0 Å². The third-order valence-corrected chi connectivity index (χ3v) is 6.29. The number of amides is 1. The van der Waals surface area contributed by atoms with Gasteiger partial charge in [-0.2, -0.15) is 13.2 Å². The summed E-state index contributed by atoms with van der Waals surface area (Å²) in [7, 11) is 0. The number of ether oxygens (including phenoxy) is 1. The third-order valence-electron chi connectivity index (χ3n) is 6.29. The van der Waals surface area contributed by atoms with Gasteiger partial charge in [0, 0.05) is 50.0 Å². The highest BCUT2D eigenvalue weighted by molar-refractivity contribution is 5.95. The molecule has 5 nitrogen and oxygen atoms in total. The Kier molecular flexibility index (Phi) is 5.37. The summed E-state index contributed by atoms with van der Waals surface area (Å²) in [5.41, 5.74) is 1.40. The first-order chi connectivity index (χ1) is 13.4. The maximum atomic E-state index is 12.8. The predicted octanol–water partition coefficient (Wildman–Crippen LogP) is 2.54. The number of carbonyl (C=O) groups excluding carboxylic acids is 1. The Morgan fingerprint density at radius 3 is 2.61 bits per heavy atom. The first kappa shape index (κ1) is 19.7. The van der Waals surface area contributed by atoms with Crippen LogP contribution in [0.1, 0.15) is 30.7 Å². The van der Waals surface area contributed by atoms with Gasteiger partial charge in [0.2, 0.25) is 5.91 Å². The van der Waals surface area contributed by atoms with Gasteiger partial charge in [-0.1, -0.05) is 18.2 Å². The van der Waals surface area contributed by atoms with Crippen LogP contribution in [0, 0.1) is 5.92 Å². The standard InChI is InChI=1S/C20H25F3N2O3/c21-20(22,23)9-18(27)25-11-16-19(14-3-1-2-4-15(14)25)17(12-26)24(16)10-13-5-7-28-8-6-13/h1-4,13,16-17,19,26H,5-12H2/t16-,17-,19+/m0/s1. The fourth-order valence-corrected chi connectivity index (χ4v) is 4.97. The van der Waals surface area contributed by atoms with E-state index in [2.05, 4.69) is 4.90 Å². The van der Waals surface area contributed by atoms with E-state index >= 15 is 0 Å². The summed E-state index contributed by atoms with van der Waals surface area (Å²) in [5, 5.41) is 9.98. The number of likely N-dealkylation sites (tertiary alicyclic amines) is 1. The lowest BCUT2D eigenvalue weighted by molar-refractivity contribution is -0.152. The van der Waals surface area contributed by atoms with Gasteiger partial charge in [0.1, 0.15) is 6.42 Å². The first-order valence-electron chi connectivity index (χ1n) is 9.79. The molecule has 3 aliphatic rings. The van der Waals surface area contributed by atoms with E-state index < -0.39 is 18.5 Å². The fraction of sp³-hybridized carbons (Fsp3) is 0.650. The van der Waals surface area contributed by atoms with E-state index in [1.54, 1.807) is 12.1 Å². The van der Waals surface area contributed by atoms with E-state index in [4.69, 9.17) is 4.74 Å². The number of para-hydroxylation sites is 1. The molecule has 0 radical (unpaired) electrons. The Labute approximate surface area is 162 Å². The van der Waals surface area contributed by atoms with Crippen molar-refractivity contribution >= 4 is 11.6 Å². The number of rotatable bonds is 4. The van der Waals surface area contributed by atoms with E-state index in [1.165, 1.54) is 4.90 Å². The molecule has 1 amide bonds. The van der Waals surface area contributed by atoms with Gasteiger partial charge in [0.05, 0.1) is 6.61 Å². The van der Waals surface area contributed by atoms with Gasteiger partial charge in [-0.15, -0.1) is 0 Å². The number of nitrogens with zero attached hydrogens (tertiary/aromatic N) is 2. The number of alkyl halides is 3. The molecule has 4 rings (SSSR count). The highest BCUT2D eigenvalue weighted by Gasteiger charge is 2.53. The average molecular weight is 398 g/mol. The van der Waals surface area contributed by atoms with Gasteiger partial charge in [0.25, 0.3) is 0 Å². The molecule has 3 aliphatic heterocycles. The molecule has 0 aliphatic carbocycles. The normalized spacial score (nSPS) is 28.4. The number of fused-ring (bicyclic) bond motifs is 3. The Morgan fingerprint density at radius 2 is 1.93 bits per heavy atom. The van der Waals surface area contributed by atoms with Crippen molar-refractivity contribution < 1.29 is 27.8 Å². The van der Waals surface area contributed by atoms with Crippen LogP contribution in [-0.2, 0) is 9.53 Å². The molecule has 0 aromatic heterocycles. The van der Waals surface area contributed by atoms with Gasteiger partial charge in [-0.25, -0.2) is 0 Å². The summed E-state index contributed by atoms with van der Waals surface area (Å²) in [5.74, 6) is -0.437. The molecule has 28 heavy (non-hydrogen) atoms. The van der Waals surface area contributed by atoms with Crippen LogP contribution < -0.4 is 4.90 Å². The highest BCUT2D eigenvalue weighted by atomic mass is 19.4. The minimum absolute atomic E-state index is 0.00474. The van der Waals surface area contributed by atoms with Crippen molar-refractivity contribution in [2.45, 2.75) is 43.4 Å². The molecule has 2 fully saturated rings. The van der Waals surface area contributed by atoms with Crippen LogP contribution in [0.3, 0.4) is 0 Å². The highest BCUT2D eigenvalue weighted by Crippen LogP contribution is 2.49. The molecule has 154 valence electrons. The molecule has 1 N–H and O–H groups in total. The molecule has 0 saturated carbocycles.